The first-order chi connectivity index (χ1) is 14.2. The molecule has 7 heteroatoms. The lowest BCUT2D eigenvalue weighted by atomic mass is 10.2. The smallest absolute Gasteiger partial charge is 0.316 e. The van der Waals surface area contributed by atoms with Gasteiger partial charge in [-0.05, 0) is 63.0 Å². The van der Waals surface area contributed by atoms with Gasteiger partial charge >= 0.3 is 11.8 Å². The van der Waals surface area contributed by atoms with Gasteiger partial charge in [-0.25, -0.2) is 0 Å². The average molecular weight is 398 g/mol. The van der Waals surface area contributed by atoms with Crippen LogP contribution in [0.15, 0.2) is 28.8 Å². The average Bonchev–Trinajstić information content (AvgIpc) is 3.35. The van der Waals surface area contributed by atoms with E-state index < -0.39 is 0 Å². The number of hydrogen-bond donors (Lipinski definition) is 1. The molecule has 4 rings (SSSR count). The molecule has 0 saturated carbocycles. The van der Waals surface area contributed by atoms with E-state index in [-0.39, 0.29) is 11.8 Å². The quantitative estimate of drug-likeness (QED) is 0.806. The third kappa shape index (κ3) is 4.78. The van der Waals surface area contributed by atoms with E-state index in [1.165, 1.54) is 37.8 Å². The Hall–Kier alpha value is -2.41. The van der Waals surface area contributed by atoms with Gasteiger partial charge in [-0.1, -0.05) is 24.9 Å². The molecule has 0 aliphatic carbocycles. The van der Waals surface area contributed by atoms with Crippen molar-refractivity contribution in [1.82, 2.24) is 20.4 Å². The molecule has 7 nitrogen and oxygen atoms in total. The molecule has 156 valence electrons. The normalized spacial score (nSPS) is 20.6. The van der Waals surface area contributed by atoms with Crippen LogP contribution in [0.5, 0.6) is 0 Å². The van der Waals surface area contributed by atoms with Crippen molar-refractivity contribution >= 4 is 11.6 Å². The first-order valence-electron chi connectivity index (χ1n) is 11.0. The van der Waals surface area contributed by atoms with Crippen LogP contribution in [0.1, 0.15) is 56.1 Å². The molecule has 2 aliphatic rings. The Kier molecular flexibility index (Phi) is 6.44. The second kappa shape index (κ2) is 9.39. The zero-order valence-electron chi connectivity index (χ0n) is 17.3. The molecule has 2 saturated heterocycles. The topological polar surface area (TPSA) is 74.5 Å². The summed E-state index contributed by atoms with van der Waals surface area (Å²) < 4.78 is 5.22. The largest absolute Gasteiger partial charge is 0.372 e. The SMILES string of the molecule is CCN1CCC[C@@H]1CNC(=O)c1nc(-c2ccc(N3CCCCCC3)cc2)no1. The van der Waals surface area contributed by atoms with Gasteiger partial charge in [-0.3, -0.25) is 9.69 Å². The maximum Gasteiger partial charge on any atom is 0.316 e. The molecule has 3 heterocycles. The maximum absolute atomic E-state index is 12.4. The van der Waals surface area contributed by atoms with Gasteiger partial charge in [0.05, 0.1) is 0 Å². The maximum atomic E-state index is 12.4. The third-order valence-corrected chi connectivity index (χ3v) is 6.12. The van der Waals surface area contributed by atoms with Crippen LogP contribution in [0.25, 0.3) is 11.4 Å². The van der Waals surface area contributed by atoms with Crippen LogP contribution in [-0.4, -0.2) is 59.7 Å². The van der Waals surface area contributed by atoms with Crippen LogP contribution in [-0.2, 0) is 0 Å². The number of rotatable bonds is 6. The summed E-state index contributed by atoms with van der Waals surface area (Å²) in [5.74, 6) is 0.180. The van der Waals surface area contributed by atoms with Crippen molar-refractivity contribution in [3.8, 4) is 11.4 Å². The van der Waals surface area contributed by atoms with Crippen LogP contribution in [0.3, 0.4) is 0 Å². The molecular formula is C22H31N5O2. The van der Waals surface area contributed by atoms with E-state index in [1.54, 1.807) is 0 Å². The minimum absolute atomic E-state index is 0.0256. The predicted octanol–water partition coefficient (Wildman–Crippen LogP) is 3.33. The highest BCUT2D eigenvalue weighted by atomic mass is 16.5. The highest BCUT2D eigenvalue weighted by Crippen LogP contribution is 2.23. The molecule has 2 aromatic rings. The first kappa shape index (κ1) is 19.9. The second-order valence-electron chi connectivity index (χ2n) is 8.01. The Morgan fingerprint density at radius 1 is 1.10 bits per heavy atom. The highest BCUT2D eigenvalue weighted by molar-refractivity contribution is 5.89. The fraction of sp³-hybridized carbons (Fsp3) is 0.591. The molecule has 29 heavy (non-hydrogen) atoms. The van der Waals surface area contributed by atoms with E-state index in [0.717, 1.165) is 38.2 Å². The van der Waals surface area contributed by atoms with Crippen molar-refractivity contribution < 1.29 is 9.32 Å². The molecule has 1 aromatic carbocycles. The predicted molar refractivity (Wildman–Crippen MR) is 113 cm³/mol. The first-order valence-corrected chi connectivity index (χ1v) is 11.0. The number of benzene rings is 1. The number of amides is 1. The molecule has 0 unspecified atom stereocenters. The Labute approximate surface area is 172 Å². The van der Waals surface area contributed by atoms with Crippen molar-refractivity contribution in [1.29, 1.82) is 0 Å². The van der Waals surface area contributed by atoms with Crippen LogP contribution >= 0.6 is 0 Å². The van der Waals surface area contributed by atoms with Gasteiger partial charge in [0, 0.05) is 36.9 Å². The van der Waals surface area contributed by atoms with Crippen LogP contribution in [0, 0.1) is 0 Å². The van der Waals surface area contributed by atoms with E-state index >= 15 is 0 Å². The van der Waals surface area contributed by atoms with Crippen molar-refractivity contribution in [2.45, 2.75) is 51.5 Å². The Balaban J connectivity index is 1.36. The van der Waals surface area contributed by atoms with E-state index in [0.29, 0.717) is 18.4 Å². The van der Waals surface area contributed by atoms with Gasteiger partial charge in [0.2, 0.25) is 5.82 Å². The van der Waals surface area contributed by atoms with Crippen molar-refractivity contribution in [3.05, 3.63) is 30.2 Å². The van der Waals surface area contributed by atoms with Crippen LogP contribution in [0.4, 0.5) is 5.69 Å². The summed E-state index contributed by atoms with van der Waals surface area (Å²) in [6.07, 6.45) is 7.45. The molecular weight excluding hydrogens is 366 g/mol. The number of hydrogen-bond acceptors (Lipinski definition) is 6. The van der Waals surface area contributed by atoms with Gasteiger partial charge in [-0.2, -0.15) is 4.98 Å². The van der Waals surface area contributed by atoms with E-state index in [4.69, 9.17) is 4.52 Å². The van der Waals surface area contributed by atoms with Gasteiger partial charge in [0.1, 0.15) is 0 Å². The summed E-state index contributed by atoms with van der Waals surface area (Å²) in [6, 6.07) is 8.62. The Morgan fingerprint density at radius 3 is 2.59 bits per heavy atom. The Morgan fingerprint density at radius 2 is 1.86 bits per heavy atom. The van der Waals surface area contributed by atoms with Crippen molar-refractivity contribution in [3.63, 3.8) is 0 Å². The summed E-state index contributed by atoms with van der Waals surface area (Å²) in [4.78, 5) is 21.5. The third-order valence-electron chi connectivity index (χ3n) is 6.12. The minimum Gasteiger partial charge on any atom is -0.372 e. The van der Waals surface area contributed by atoms with Crippen LogP contribution < -0.4 is 10.2 Å². The number of carbonyl (C=O) groups is 1. The van der Waals surface area contributed by atoms with E-state index in [2.05, 4.69) is 44.3 Å². The van der Waals surface area contributed by atoms with Gasteiger partial charge in [0.15, 0.2) is 0 Å². The van der Waals surface area contributed by atoms with Crippen molar-refractivity contribution in [2.24, 2.45) is 0 Å². The van der Waals surface area contributed by atoms with Crippen molar-refractivity contribution in [2.75, 3.05) is 37.6 Å². The monoisotopic (exact) mass is 397 g/mol. The zero-order chi connectivity index (χ0) is 20.1. The number of aromatic nitrogens is 2. The summed E-state index contributed by atoms with van der Waals surface area (Å²) in [6.45, 7) is 7.12. The Bertz CT molecular complexity index is 796. The zero-order valence-corrected chi connectivity index (χ0v) is 17.3. The van der Waals surface area contributed by atoms with E-state index in [9.17, 15) is 4.79 Å². The summed E-state index contributed by atoms with van der Waals surface area (Å²) in [7, 11) is 0. The molecule has 1 aromatic heterocycles. The van der Waals surface area contributed by atoms with Crippen LogP contribution in [0.2, 0.25) is 0 Å². The lowest BCUT2D eigenvalue weighted by Crippen LogP contribution is -2.40. The lowest BCUT2D eigenvalue weighted by Gasteiger charge is -2.22. The second-order valence-corrected chi connectivity index (χ2v) is 8.01. The molecule has 0 bridgehead atoms. The number of likely N-dealkylation sites (N-methyl/N-ethyl adjacent to an activating group) is 1. The van der Waals surface area contributed by atoms with Gasteiger partial charge in [-0.15, -0.1) is 0 Å². The highest BCUT2D eigenvalue weighted by Gasteiger charge is 2.24. The fourth-order valence-electron chi connectivity index (χ4n) is 4.41. The molecule has 1 atom stereocenters. The fourth-order valence-corrected chi connectivity index (χ4v) is 4.41. The molecule has 2 fully saturated rings. The summed E-state index contributed by atoms with van der Waals surface area (Å²) >= 11 is 0. The summed E-state index contributed by atoms with van der Waals surface area (Å²) in [5.41, 5.74) is 2.09. The number of nitrogens with one attached hydrogen (secondary N) is 1. The number of carbonyl (C=O) groups excluding carboxylic acids is 1. The van der Waals surface area contributed by atoms with Gasteiger partial charge < -0.3 is 14.7 Å². The lowest BCUT2D eigenvalue weighted by molar-refractivity contribution is 0.0897. The molecule has 0 radical (unpaired) electrons. The number of likely N-dealkylation sites (tertiary alicyclic amines) is 1. The number of nitrogens with zero attached hydrogens (tertiary/aromatic N) is 4. The van der Waals surface area contributed by atoms with E-state index in [1.807, 2.05) is 12.1 Å². The molecule has 1 amide bonds. The standard InChI is InChI=1S/C22H31N5O2/c1-2-26-15-7-8-19(26)16-23-21(28)22-24-20(25-29-22)17-9-11-18(12-10-17)27-13-5-3-4-6-14-27/h9-12,19H,2-8,13-16H2,1H3,(H,23,28)/t19-/m1/s1. The van der Waals surface area contributed by atoms with Gasteiger partial charge in [0.25, 0.3) is 0 Å². The molecule has 2 aliphatic heterocycles. The molecule has 1 N–H and O–H groups in total. The summed E-state index contributed by atoms with van der Waals surface area (Å²) in [5, 5.41) is 6.95. The molecule has 0 spiro atoms. The minimum atomic E-state index is -0.298. The number of anilines is 1.